The van der Waals surface area contributed by atoms with Crippen LogP contribution in [0, 0.1) is 0 Å². The third kappa shape index (κ3) is 1.96. The van der Waals surface area contributed by atoms with Crippen LogP contribution in [-0.4, -0.2) is 4.98 Å². The van der Waals surface area contributed by atoms with Crippen molar-refractivity contribution < 1.29 is 0 Å². The lowest BCUT2D eigenvalue weighted by molar-refractivity contribution is 0.881. The monoisotopic (exact) mass is 318 g/mol. The Kier molecular flexibility index (Phi) is 3.16. The van der Waals surface area contributed by atoms with Crippen molar-refractivity contribution >= 4 is 38.2 Å². The van der Waals surface area contributed by atoms with Gasteiger partial charge < -0.3 is 5.73 Å². The molecule has 2 aromatic heterocycles. The number of halogens is 1. The second-order valence-corrected chi connectivity index (χ2v) is 5.67. The SMILES string of the molecule is NC(c1cscc1Br)c1cccc2ncccc12. The minimum absolute atomic E-state index is 0.126. The van der Waals surface area contributed by atoms with Crippen molar-refractivity contribution in [1.82, 2.24) is 4.98 Å². The highest BCUT2D eigenvalue weighted by Crippen LogP contribution is 2.32. The highest BCUT2D eigenvalue weighted by molar-refractivity contribution is 9.10. The van der Waals surface area contributed by atoms with Gasteiger partial charge in [0.2, 0.25) is 0 Å². The largest absolute Gasteiger partial charge is 0.320 e. The van der Waals surface area contributed by atoms with E-state index in [0.717, 1.165) is 26.5 Å². The Morgan fingerprint density at radius 1 is 1.11 bits per heavy atom. The first-order valence-corrected chi connectivity index (χ1v) is 7.32. The molecule has 3 rings (SSSR count). The molecule has 2 nitrogen and oxygen atoms in total. The van der Waals surface area contributed by atoms with E-state index in [1.807, 2.05) is 18.2 Å². The molecule has 0 aliphatic heterocycles. The van der Waals surface area contributed by atoms with E-state index in [-0.39, 0.29) is 6.04 Å². The average Bonchev–Trinajstić information content (AvgIpc) is 2.83. The fourth-order valence-corrected chi connectivity index (χ4v) is 3.66. The Bertz CT molecular complexity index is 688. The van der Waals surface area contributed by atoms with Crippen LogP contribution in [0.1, 0.15) is 17.2 Å². The van der Waals surface area contributed by atoms with E-state index in [4.69, 9.17) is 5.73 Å². The molecule has 1 unspecified atom stereocenters. The molecule has 0 saturated carbocycles. The molecule has 0 aliphatic carbocycles. The zero-order valence-corrected chi connectivity index (χ0v) is 11.9. The van der Waals surface area contributed by atoms with E-state index in [2.05, 4.69) is 43.8 Å². The molecular formula is C14H11BrN2S. The number of benzene rings is 1. The van der Waals surface area contributed by atoms with Gasteiger partial charge in [-0.1, -0.05) is 18.2 Å². The molecule has 0 radical (unpaired) electrons. The summed E-state index contributed by atoms with van der Waals surface area (Å²) >= 11 is 5.20. The smallest absolute Gasteiger partial charge is 0.0705 e. The Balaban J connectivity index is 2.18. The molecule has 1 aromatic carbocycles. The van der Waals surface area contributed by atoms with Crippen LogP contribution >= 0.6 is 27.3 Å². The minimum atomic E-state index is -0.126. The van der Waals surface area contributed by atoms with Crippen LogP contribution in [0.25, 0.3) is 10.9 Å². The average molecular weight is 319 g/mol. The van der Waals surface area contributed by atoms with Crippen LogP contribution in [0.4, 0.5) is 0 Å². The lowest BCUT2D eigenvalue weighted by Gasteiger charge is -2.14. The van der Waals surface area contributed by atoms with E-state index >= 15 is 0 Å². The molecule has 0 fully saturated rings. The molecule has 4 heteroatoms. The molecule has 0 bridgehead atoms. The van der Waals surface area contributed by atoms with Gasteiger partial charge in [-0.15, -0.1) is 0 Å². The predicted octanol–water partition coefficient (Wildman–Crippen LogP) is 4.11. The van der Waals surface area contributed by atoms with E-state index in [1.54, 1.807) is 17.5 Å². The van der Waals surface area contributed by atoms with Crippen LogP contribution in [0.15, 0.2) is 51.8 Å². The maximum atomic E-state index is 6.38. The number of hydrogen-bond acceptors (Lipinski definition) is 3. The highest BCUT2D eigenvalue weighted by Gasteiger charge is 2.15. The molecule has 18 heavy (non-hydrogen) atoms. The van der Waals surface area contributed by atoms with Crippen molar-refractivity contribution in [1.29, 1.82) is 0 Å². The summed E-state index contributed by atoms with van der Waals surface area (Å²) in [7, 11) is 0. The van der Waals surface area contributed by atoms with Crippen LogP contribution in [0.5, 0.6) is 0 Å². The lowest BCUT2D eigenvalue weighted by Crippen LogP contribution is -2.12. The van der Waals surface area contributed by atoms with Crippen molar-refractivity contribution in [3.8, 4) is 0 Å². The molecular weight excluding hydrogens is 308 g/mol. The summed E-state index contributed by atoms with van der Waals surface area (Å²) in [6, 6.07) is 9.97. The number of thiophene rings is 1. The summed E-state index contributed by atoms with van der Waals surface area (Å²) in [6.45, 7) is 0. The van der Waals surface area contributed by atoms with Gasteiger partial charge in [0.15, 0.2) is 0 Å². The summed E-state index contributed by atoms with van der Waals surface area (Å²) in [4.78, 5) is 4.36. The van der Waals surface area contributed by atoms with Gasteiger partial charge in [-0.05, 0) is 44.6 Å². The van der Waals surface area contributed by atoms with Crippen LogP contribution < -0.4 is 5.73 Å². The molecule has 90 valence electrons. The lowest BCUT2D eigenvalue weighted by atomic mass is 9.98. The minimum Gasteiger partial charge on any atom is -0.320 e. The Morgan fingerprint density at radius 2 is 2.00 bits per heavy atom. The number of hydrogen-bond donors (Lipinski definition) is 1. The number of pyridine rings is 1. The third-order valence-electron chi connectivity index (χ3n) is 2.99. The summed E-state index contributed by atoms with van der Waals surface area (Å²) in [6.07, 6.45) is 1.80. The molecule has 0 amide bonds. The molecule has 1 atom stereocenters. The van der Waals surface area contributed by atoms with Crippen molar-refractivity contribution in [3.63, 3.8) is 0 Å². The zero-order valence-electron chi connectivity index (χ0n) is 9.51. The molecule has 3 aromatic rings. The molecule has 0 saturated heterocycles. The third-order valence-corrected chi connectivity index (χ3v) is 4.74. The van der Waals surface area contributed by atoms with Crippen LogP contribution in [-0.2, 0) is 0 Å². The van der Waals surface area contributed by atoms with Gasteiger partial charge in [0.1, 0.15) is 0 Å². The van der Waals surface area contributed by atoms with Crippen LogP contribution in [0.2, 0.25) is 0 Å². The molecule has 2 N–H and O–H groups in total. The standard InChI is InChI=1S/C14H11BrN2S/c15-12-8-18-7-11(12)14(16)10-3-1-5-13-9(10)4-2-6-17-13/h1-8,14H,16H2. The van der Waals surface area contributed by atoms with Crippen LogP contribution in [0.3, 0.4) is 0 Å². The fraction of sp³-hybridized carbons (Fsp3) is 0.0714. The maximum absolute atomic E-state index is 6.38. The quantitative estimate of drug-likeness (QED) is 0.772. The van der Waals surface area contributed by atoms with E-state index < -0.39 is 0 Å². The molecule has 2 heterocycles. The van der Waals surface area contributed by atoms with Crippen molar-refractivity contribution in [2.75, 3.05) is 0 Å². The van der Waals surface area contributed by atoms with Gasteiger partial charge in [-0.2, -0.15) is 11.3 Å². The van der Waals surface area contributed by atoms with Gasteiger partial charge in [0.25, 0.3) is 0 Å². The summed E-state index contributed by atoms with van der Waals surface area (Å²) < 4.78 is 1.07. The first-order valence-electron chi connectivity index (χ1n) is 5.58. The van der Waals surface area contributed by atoms with Crippen molar-refractivity contribution in [2.24, 2.45) is 5.73 Å². The van der Waals surface area contributed by atoms with Gasteiger partial charge in [-0.3, -0.25) is 4.98 Å². The second-order valence-electron chi connectivity index (χ2n) is 4.07. The molecule has 0 aliphatic rings. The second kappa shape index (κ2) is 4.80. The Morgan fingerprint density at radius 3 is 2.78 bits per heavy atom. The Labute approximate surface area is 118 Å². The van der Waals surface area contributed by atoms with Gasteiger partial charge in [-0.25, -0.2) is 0 Å². The summed E-state index contributed by atoms with van der Waals surface area (Å²) in [5.41, 5.74) is 9.59. The summed E-state index contributed by atoms with van der Waals surface area (Å²) in [5.74, 6) is 0. The highest BCUT2D eigenvalue weighted by atomic mass is 79.9. The van der Waals surface area contributed by atoms with Gasteiger partial charge >= 0.3 is 0 Å². The number of aromatic nitrogens is 1. The topological polar surface area (TPSA) is 38.9 Å². The number of nitrogens with zero attached hydrogens (tertiary/aromatic N) is 1. The van der Waals surface area contributed by atoms with Crippen molar-refractivity contribution in [2.45, 2.75) is 6.04 Å². The predicted molar refractivity (Wildman–Crippen MR) is 79.8 cm³/mol. The first-order chi connectivity index (χ1) is 8.77. The fourth-order valence-electron chi connectivity index (χ4n) is 2.08. The van der Waals surface area contributed by atoms with Gasteiger partial charge in [0.05, 0.1) is 11.6 Å². The van der Waals surface area contributed by atoms with Crippen molar-refractivity contribution in [3.05, 3.63) is 62.9 Å². The summed E-state index contributed by atoms with van der Waals surface area (Å²) in [5, 5.41) is 5.26. The first kappa shape index (κ1) is 11.8. The number of fused-ring (bicyclic) bond motifs is 1. The normalized spacial score (nSPS) is 12.8. The van der Waals surface area contributed by atoms with E-state index in [1.165, 1.54) is 0 Å². The number of rotatable bonds is 2. The van der Waals surface area contributed by atoms with E-state index in [9.17, 15) is 0 Å². The molecule has 0 spiro atoms. The Hall–Kier alpha value is -1.23. The maximum Gasteiger partial charge on any atom is 0.0705 e. The van der Waals surface area contributed by atoms with Gasteiger partial charge in [0, 0.05) is 21.4 Å². The van der Waals surface area contributed by atoms with E-state index in [0.29, 0.717) is 0 Å². The zero-order chi connectivity index (χ0) is 12.5. The number of nitrogens with two attached hydrogens (primary N) is 1.